The van der Waals surface area contributed by atoms with Gasteiger partial charge in [0.2, 0.25) is 5.91 Å². The molecule has 0 unspecified atom stereocenters. The number of methoxy groups -OCH3 is 1. The van der Waals surface area contributed by atoms with Crippen molar-refractivity contribution in [1.82, 2.24) is 4.90 Å². The van der Waals surface area contributed by atoms with Crippen LogP contribution in [0.2, 0.25) is 0 Å². The van der Waals surface area contributed by atoms with Gasteiger partial charge in [0.15, 0.2) is 0 Å². The number of imide groups is 1. The van der Waals surface area contributed by atoms with Crippen molar-refractivity contribution in [1.29, 1.82) is 0 Å². The van der Waals surface area contributed by atoms with Crippen LogP contribution in [0, 0.1) is 5.92 Å². The van der Waals surface area contributed by atoms with Crippen molar-refractivity contribution in [2.45, 2.75) is 19.9 Å². The number of nitrogens with zero attached hydrogens (tertiary/aromatic N) is 1. The quantitative estimate of drug-likeness (QED) is 0.362. The molecule has 0 aliphatic carbocycles. The lowest BCUT2D eigenvalue weighted by atomic mass is 10.0. The minimum Gasteiger partial charge on any atom is -0.465 e. The second-order valence-electron chi connectivity index (χ2n) is 7.90. The molecule has 1 atom stereocenters. The Hall–Kier alpha value is -4.27. The Morgan fingerprint density at radius 2 is 1.61 bits per heavy atom. The molecular weight excluding hydrogens is 428 g/mol. The van der Waals surface area contributed by atoms with E-state index in [4.69, 9.17) is 4.42 Å². The molecule has 0 saturated carbocycles. The van der Waals surface area contributed by atoms with Gasteiger partial charge in [0.25, 0.3) is 11.8 Å². The summed E-state index contributed by atoms with van der Waals surface area (Å²) in [5.74, 6) is -2.80. The Balaban J connectivity index is 1.65. The second kappa shape index (κ2) is 8.34. The first-order valence-corrected chi connectivity index (χ1v) is 10.2. The van der Waals surface area contributed by atoms with E-state index in [1.165, 1.54) is 24.3 Å². The third-order valence-corrected chi connectivity index (χ3v) is 5.41. The van der Waals surface area contributed by atoms with Crippen LogP contribution in [0.25, 0.3) is 11.0 Å². The lowest BCUT2D eigenvalue weighted by Gasteiger charge is -2.28. The van der Waals surface area contributed by atoms with Gasteiger partial charge >= 0.3 is 11.6 Å². The zero-order chi connectivity index (χ0) is 23.9. The van der Waals surface area contributed by atoms with Crippen LogP contribution in [-0.4, -0.2) is 41.7 Å². The molecule has 0 saturated heterocycles. The number of nitrogens with one attached hydrogen (secondary N) is 1. The molecule has 3 aromatic rings. The molecule has 1 N–H and O–H groups in total. The Labute approximate surface area is 187 Å². The second-order valence-corrected chi connectivity index (χ2v) is 7.90. The summed E-state index contributed by atoms with van der Waals surface area (Å²) in [5, 5.41) is 3.10. The van der Waals surface area contributed by atoms with E-state index in [0.717, 1.165) is 12.0 Å². The van der Waals surface area contributed by atoms with Gasteiger partial charge in [-0.25, -0.2) is 9.59 Å². The monoisotopic (exact) mass is 448 g/mol. The van der Waals surface area contributed by atoms with Crippen LogP contribution in [0.3, 0.4) is 0 Å². The number of carbonyl (C=O) groups excluding carboxylic acids is 4. The number of fused-ring (bicyclic) bond motifs is 2. The van der Waals surface area contributed by atoms with E-state index >= 15 is 0 Å². The highest BCUT2D eigenvalue weighted by molar-refractivity contribution is 6.23. The van der Waals surface area contributed by atoms with Crippen LogP contribution in [0.15, 0.2) is 57.7 Å². The molecule has 1 aromatic heterocycles. The van der Waals surface area contributed by atoms with E-state index < -0.39 is 35.4 Å². The maximum absolute atomic E-state index is 13.2. The van der Waals surface area contributed by atoms with Crippen LogP contribution in [-0.2, 0) is 9.53 Å². The Morgan fingerprint density at radius 3 is 2.18 bits per heavy atom. The molecule has 0 fully saturated rings. The summed E-state index contributed by atoms with van der Waals surface area (Å²) in [7, 11) is 1.15. The Bertz CT molecular complexity index is 1340. The normalized spacial score (nSPS) is 13.9. The van der Waals surface area contributed by atoms with Crippen molar-refractivity contribution >= 4 is 40.3 Å². The van der Waals surface area contributed by atoms with Crippen molar-refractivity contribution < 1.29 is 28.3 Å². The van der Waals surface area contributed by atoms with Gasteiger partial charge in [-0.1, -0.05) is 26.0 Å². The molecule has 1 aliphatic heterocycles. The highest BCUT2D eigenvalue weighted by Crippen LogP contribution is 2.28. The number of amides is 3. The van der Waals surface area contributed by atoms with Gasteiger partial charge in [0.1, 0.15) is 17.2 Å². The van der Waals surface area contributed by atoms with Crippen molar-refractivity contribution in [3.05, 3.63) is 75.6 Å². The highest BCUT2D eigenvalue weighted by atomic mass is 16.5. The smallest absolute Gasteiger partial charge is 0.351 e. The lowest BCUT2D eigenvalue weighted by molar-refractivity contribution is -0.121. The summed E-state index contributed by atoms with van der Waals surface area (Å²) in [5.41, 5.74) is -0.0453. The van der Waals surface area contributed by atoms with E-state index in [-0.39, 0.29) is 28.2 Å². The molecule has 4 rings (SSSR count). The summed E-state index contributed by atoms with van der Waals surface area (Å²) in [6.45, 7) is 3.48. The Morgan fingerprint density at radius 1 is 0.970 bits per heavy atom. The molecule has 0 spiro atoms. The van der Waals surface area contributed by atoms with E-state index in [2.05, 4.69) is 10.1 Å². The van der Waals surface area contributed by atoms with Gasteiger partial charge in [-0.15, -0.1) is 0 Å². The van der Waals surface area contributed by atoms with Crippen LogP contribution in [0.4, 0.5) is 5.69 Å². The molecule has 1 aliphatic rings. The molecule has 2 heterocycles. The first-order chi connectivity index (χ1) is 15.7. The third-order valence-electron chi connectivity index (χ3n) is 5.41. The number of hydrogen-bond acceptors (Lipinski definition) is 7. The zero-order valence-electron chi connectivity index (χ0n) is 18.1. The standard InChI is InChI=1S/C24H20N2O7/c1-12(2)19(26-21(28)15-6-4-5-7-16(15)22(26)29)20(27)25-14-8-9-18-13(10-14)11-17(23(30)32-3)24(31)33-18/h4-12,19H,1-3H3,(H,25,27)/t19-/m0/s1. The molecule has 2 aromatic carbocycles. The minimum atomic E-state index is -1.05. The van der Waals surface area contributed by atoms with Gasteiger partial charge in [0.05, 0.1) is 18.2 Å². The maximum atomic E-state index is 13.2. The largest absolute Gasteiger partial charge is 0.465 e. The summed E-state index contributed by atoms with van der Waals surface area (Å²) >= 11 is 0. The minimum absolute atomic E-state index is 0.214. The topological polar surface area (TPSA) is 123 Å². The molecule has 0 bridgehead atoms. The SMILES string of the molecule is COC(=O)c1cc2cc(NC(=O)[C@H](C(C)C)N3C(=O)c4ccccc4C3=O)ccc2oc1=O. The zero-order valence-corrected chi connectivity index (χ0v) is 18.1. The first-order valence-electron chi connectivity index (χ1n) is 10.2. The van der Waals surface area contributed by atoms with E-state index in [1.54, 1.807) is 38.1 Å². The average molecular weight is 448 g/mol. The van der Waals surface area contributed by atoms with Crippen LogP contribution >= 0.6 is 0 Å². The van der Waals surface area contributed by atoms with Gasteiger partial charge in [-0.2, -0.15) is 0 Å². The van der Waals surface area contributed by atoms with Crippen molar-refractivity contribution in [3.63, 3.8) is 0 Å². The maximum Gasteiger partial charge on any atom is 0.351 e. The Kier molecular flexibility index (Phi) is 5.55. The predicted molar refractivity (Wildman–Crippen MR) is 118 cm³/mol. The van der Waals surface area contributed by atoms with Gasteiger partial charge in [0, 0.05) is 11.1 Å². The summed E-state index contributed by atoms with van der Waals surface area (Å²) in [4.78, 5) is 63.7. The fourth-order valence-electron chi connectivity index (χ4n) is 3.85. The first kappa shape index (κ1) is 21.9. The number of rotatable bonds is 5. The highest BCUT2D eigenvalue weighted by Gasteiger charge is 2.43. The van der Waals surface area contributed by atoms with Gasteiger partial charge in [-0.05, 0) is 42.3 Å². The number of hydrogen-bond donors (Lipinski definition) is 1. The van der Waals surface area contributed by atoms with E-state index in [0.29, 0.717) is 11.1 Å². The van der Waals surface area contributed by atoms with Gasteiger partial charge in [-0.3, -0.25) is 19.3 Å². The van der Waals surface area contributed by atoms with Crippen LogP contribution < -0.4 is 10.9 Å². The number of esters is 1. The number of anilines is 1. The summed E-state index contributed by atoms with van der Waals surface area (Å²) in [6, 6.07) is 11.2. The molecule has 3 amide bonds. The van der Waals surface area contributed by atoms with Gasteiger partial charge < -0.3 is 14.5 Å². The molecule has 33 heavy (non-hydrogen) atoms. The fraction of sp³-hybridized carbons (Fsp3) is 0.208. The van der Waals surface area contributed by atoms with E-state index in [1.807, 2.05) is 0 Å². The lowest BCUT2D eigenvalue weighted by Crippen LogP contribution is -2.50. The van der Waals surface area contributed by atoms with Crippen LogP contribution in [0.1, 0.15) is 44.9 Å². The summed E-state index contributed by atoms with van der Waals surface area (Å²) < 4.78 is 9.72. The van der Waals surface area contributed by atoms with Crippen molar-refractivity contribution in [3.8, 4) is 0 Å². The number of carbonyl (C=O) groups is 4. The molecular formula is C24H20N2O7. The predicted octanol–water partition coefficient (Wildman–Crippen LogP) is 2.84. The summed E-state index contributed by atoms with van der Waals surface area (Å²) in [6.07, 6.45) is 0. The average Bonchev–Trinajstić information content (AvgIpc) is 3.03. The van der Waals surface area contributed by atoms with Crippen LogP contribution in [0.5, 0.6) is 0 Å². The van der Waals surface area contributed by atoms with Crippen molar-refractivity contribution in [2.24, 2.45) is 5.92 Å². The molecule has 9 heteroatoms. The van der Waals surface area contributed by atoms with Crippen molar-refractivity contribution in [2.75, 3.05) is 12.4 Å². The third kappa shape index (κ3) is 3.78. The molecule has 0 radical (unpaired) electrons. The fourth-order valence-corrected chi connectivity index (χ4v) is 3.85. The van der Waals surface area contributed by atoms with E-state index in [9.17, 15) is 24.0 Å². The molecule has 9 nitrogen and oxygen atoms in total. The number of benzene rings is 2. The molecule has 168 valence electrons. The number of ether oxygens (including phenoxy) is 1.